The molecule has 2 aliphatic carbocycles. The van der Waals surface area contributed by atoms with Gasteiger partial charge in [-0.05, 0) is 148 Å². The largest absolute Gasteiger partial charge is 0.327 e. The molecule has 2 saturated carbocycles. The number of amides is 2. The number of anilines is 4. The van der Waals surface area contributed by atoms with E-state index in [1.807, 2.05) is 36.4 Å². The maximum absolute atomic E-state index is 13.5. The lowest BCUT2D eigenvalue weighted by atomic mass is 9.88. The van der Waals surface area contributed by atoms with Gasteiger partial charge in [-0.25, -0.2) is 26.8 Å². The first-order valence-electron chi connectivity index (χ1n) is 27.1. The van der Waals surface area contributed by atoms with Crippen molar-refractivity contribution in [2.24, 2.45) is 11.8 Å². The topological polar surface area (TPSA) is 172 Å². The van der Waals surface area contributed by atoms with Crippen molar-refractivity contribution in [1.29, 1.82) is 0 Å². The Morgan fingerprint density at radius 1 is 0.566 bits per heavy atom. The van der Waals surface area contributed by atoms with Crippen molar-refractivity contribution in [3.8, 4) is 0 Å². The van der Waals surface area contributed by atoms with Crippen molar-refractivity contribution in [1.82, 2.24) is 24.0 Å². The summed E-state index contributed by atoms with van der Waals surface area (Å²) in [5, 5.41) is 5.75. The lowest BCUT2D eigenvalue weighted by molar-refractivity contribution is -0.117. The van der Waals surface area contributed by atoms with Gasteiger partial charge in [0, 0.05) is 49.4 Å². The van der Waals surface area contributed by atoms with E-state index < -0.39 is 20.0 Å². The molecule has 2 amide bonds. The average Bonchev–Trinajstić information content (AvgIpc) is 4.15. The quantitative estimate of drug-likeness (QED) is 0.0949. The highest BCUT2D eigenvalue weighted by molar-refractivity contribution is 9.09. The van der Waals surface area contributed by atoms with Gasteiger partial charge in [0.15, 0.2) is 0 Å². The van der Waals surface area contributed by atoms with Gasteiger partial charge in [-0.1, -0.05) is 96.0 Å². The van der Waals surface area contributed by atoms with E-state index in [-0.39, 0.29) is 37.8 Å². The SMILES string of the molecule is CN(c1ccc2c(c1)nc(C(C)(C)C)n2CC1CCCCC1)S(=O)(=O)c1ccc(NC(=O)CBr)cc1.CN(c1ccc2c(c1)nc(C(C)(C)C)n2CC1CCCCC1)S(=O)(=O)c1ccc(NC(=O)CN2CCCC2)cc1. The molecule has 0 bridgehead atoms. The second-order valence-electron chi connectivity index (χ2n) is 23.2. The Kier molecular flexibility index (Phi) is 17.8. The van der Waals surface area contributed by atoms with Gasteiger partial charge in [0.25, 0.3) is 20.0 Å². The number of aromatic nitrogens is 4. The normalized spacial score (nSPS) is 16.4. The summed E-state index contributed by atoms with van der Waals surface area (Å²) >= 11 is 3.10. The number of carbonyl (C=O) groups excluding carboxylic acids is 2. The highest BCUT2D eigenvalue weighted by Gasteiger charge is 2.30. The summed E-state index contributed by atoms with van der Waals surface area (Å²) in [4.78, 5) is 36.4. The van der Waals surface area contributed by atoms with E-state index in [4.69, 9.17) is 9.97 Å². The molecule has 0 spiro atoms. The fourth-order valence-electron chi connectivity index (χ4n) is 11.0. The number of sulfonamides is 2. The van der Waals surface area contributed by atoms with Crippen LogP contribution >= 0.6 is 15.9 Å². The van der Waals surface area contributed by atoms with Gasteiger partial charge in [-0.15, -0.1) is 0 Å². The van der Waals surface area contributed by atoms with E-state index in [0.29, 0.717) is 41.1 Å². The van der Waals surface area contributed by atoms with E-state index in [2.05, 4.69) is 82.1 Å². The molecular weight excluding hydrogens is 1060 g/mol. The fraction of sp³-hybridized carbons (Fsp3) is 0.517. The van der Waals surface area contributed by atoms with Gasteiger partial charge in [0.05, 0.1) is 55.1 Å². The van der Waals surface area contributed by atoms with E-state index in [1.54, 1.807) is 50.5 Å². The predicted molar refractivity (Wildman–Crippen MR) is 311 cm³/mol. The van der Waals surface area contributed by atoms with Crippen LogP contribution in [0.1, 0.15) is 130 Å². The summed E-state index contributed by atoms with van der Waals surface area (Å²) in [6.45, 7) is 17.2. The number of nitrogens with one attached hydrogen (secondary N) is 2. The minimum atomic E-state index is -3.80. The van der Waals surface area contributed by atoms with Crippen molar-refractivity contribution in [3.05, 3.63) is 96.6 Å². The standard InChI is InChI=1S/C31H43N5O3S.C27H35BrN4O3S/c1-31(2,3)30-33-27-20-25(14-17-28(27)36(30)21-23-10-6-5-7-11-23)34(4)40(38,39)26-15-12-24(13-16-26)32-29(37)22-35-18-8-9-19-35;1-27(2,3)26-30-23-16-21(12-15-24(23)32(26)18-19-8-6-5-7-9-19)31(4)36(34,35)22-13-10-20(11-14-22)29-25(33)17-28/h12-17,20,23H,5-11,18-19,21-22H2,1-4H3,(H,32,37);10-16,19H,5-9,17-18H2,1-4H3,(H,29,33). The Bertz CT molecular complexity index is 3220. The molecule has 2 N–H and O–H groups in total. The maximum atomic E-state index is 13.5. The Morgan fingerprint density at radius 3 is 1.32 bits per heavy atom. The van der Waals surface area contributed by atoms with E-state index in [9.17, 15) is 26.4 Å². The van der Waals surface area contributed by atoms with Crippen LogP contribution < -0.4 is 19.2 Å². The molecule has 0 atom stereocenters. The number of hydrogen-bond acceptors (Lipinski definition) is 9. The van der Waals surface area contributed by atoms with Gasteiger partial charge < -0.3 is 19.8 Å². The highest BCUT2D eigenvalue weighted by Crippen LogP contribution is 2.36. The lowest BCUT2D eigenvalue weighted by Gasteiger charge is -2.26. The molecule has 3 fully saturated rings. The Morgan fingerprint density at radius 2 is 0.947 bits per heavy atom. The first-order valence-corrected chi connectivity index (χ1v) is 31.1. The van der Waals surface area contributed by atoms with Gasteiger partial charge in [-0.3, -0.25) is 23.1 Å². The molecule has 3 heterocycles. The number of nitrogens with zero attached hydrogens (tertiary/aromatic N) is 7. The van der Waals surface area contributed by atoms with Crippen LogP contribution in [0.5, 0.6) is 0 Å². The number of imidazole rings is 2. The molecule has 9 rings (SSSR count). The molecule has 76 heavy (non-hydrogen) atoms. The number of rotatable bonds is 15. The second kappa shape index (κ2) is 23.7. The van der Waals surface area contributed by atoms with Crippen LogP contribution in [0.3, 0.4) is 0 Å². The van der Waals surface area contributed by atoms with Crippen LogP contribution in [0.15, 0.2) is 94.7 Å². The van der Waals surface area contributed by atoms with E-state index in [1.165, 1.54) is 85.0 Å². The third-order valence-electron chi connectivity index (χ3n) is 15.1. The molecule has 18 heteroatoms. The molecule has 1 aliphatic heterocycles. The summed E-state index contributed by atoms with van der Waals surface area (Å²) in [5.74, 6) is 3.10. The van der Waals surface area contributed by atoms with E-state index >= 15 is 0 Å². The summed E-state index contributed by atoms with van der Waals surface area (Å²) < 4.78 is 61.1. The zero-order valence-electron chi connectivity index (χ0n) is 45.7. The zero-order valence-corrected chi connectivity index (χ0v) is 49.0. The third kappa shape index (κ3) is 13.3. The number of halogens is 1. The molecule has 0 unspecified atom stereocenters. The Balaban J connectivity index is 0.000000203. The van der Waals surface area contributed by atoms with Gasteiger partial charge in [-0.2, -0.15) is 0 Å². The monoisotopic (exact) mass is 1140 g/mol. The number of fused-ring (bicyclic) bond motifs is 2. The second-order valence-corrected chi connectivity index (χ2v) is 27.7. The maximum Gasteiger partial charge on any atom is 0.264 e. The first kappa shape index (κ1) is 56.9. The van der Waals surface area contributed by atoms with Crippen LogP contribution in [0.25, 0.3) is 22.1 Å². The van der Waals surface area contributed by atoms with Crippen LogP contribution in [0.4, 0.5) is 22.7 Å². The fourth-order valence-corrected chi connectivity index (χ4v) is 13.5. The van der Waals surface area contributed by atoms with Crippen LogP contribution in [-0.2, 0) is 53.6 Å². The number of carbonyl (C=O) groups is 2. The van der Waals surface area contributed by atoms with Crippen LogP contribution in [0, 0.1) is 11.8 Å². The number of likely N-dealkylation sites (tertiary alicyclic amines) is 1. The van der Waals surface area contributed by atoms with Crippen LogP contribution in [0.2, 0.25) is 0 Å². The molecule has 4 aromatic carbocycles. The van der Waals surface area contributed by atoms with Crippen molar-refractivity contribution in [2.45, 2.75) is 152 Å². The summed E-state index contributed by atoms with van der Waals surface area (Å²) in [6.07, 6.45) is 15.1. The predicted octanol–water partition coefficient (Wildman–Crippen LogP) is 11.8. The van der Waals surface area contributed by atoms with Gasteiger partial charge >= 0.3 is 0 Å². The summed E-state index contributed by atoms with van der Waals surface area (Å²) in [6, 6.07) is 24.1. The first-order chi connectivity index (χ1) is 36.0. The Hall–Kier alpha value is -5.30. The average molecular weight is 1140 g/mol. The minimum Gasteiger partial charge on any atom is -0.327 e. The summed E-state index contributed by atoms with van der Waals surface area (Å²) in [7, 11) is -4.46. The molecule has 410 valence electrons. The van der Waals surface area contributed by atoms with Crippen molar-refractivity contribution < 1.29 is 26.4 Å². The van der Waals surface area contributed by atoms with Crippen molar-refractivity contribution in [3.63, 3.8) is 0 Å². The smallest absolute Gasteiger partial charge is 0.264 e. The van der Waals surface area contributed by atoms with Gasteiger partial charge in [0.1, 0.15) is 11.6 Å². The minimum absolute atomic E-state index is 0.0829. The molecule has 15 nitrogen and oxygen atoms in total. The molecule has 6 aromatic rings. The molecule has 2 aromatic heterocycles. The molecular formula is C58H78BrN9O6S2. The summed E-state index contributed by atoms with van der Waals surface area (Å²) in [5.41, 5.74) is 5.73. The molecule has 0 radical (unpaired) electrons. The van der Waals surface area contributed by atoms with Crippen molar-refractivity contribution in [2.75, 3.05) is 58.3 Å². The number of hydrogen-bond donors (Lipinski definition) is 2. The highest BCUT2D eigenvalue weighted by atomic mass is 79.9. The molecule has 1 saturated heterocycles. The number of alkyl halides is 1. The Labute approximate surface area is 459 Å². The van der Waals surface area contributed by atoms with Crippen molar-refractivity contribution >= 4 is 92.6 Å². The third-order valence-corrected chi connectivity index (χ3v) is 19.3. The number of benzene rings is 4. The van der Waals surface area contributed by atoms with Crippen LogP contribution in [-0.4, -0.2) is 91.7 Å². The molecule has 3 aliphatic rings. The lowest BCUT2D eigenvalue weighted by Crippen LogP contribution is -2.30. The zero-order chi connectivity index (χ0) is 54.6. The van der Waals surface area contributed by atoms with Gasteiger partial charge in [0.2, 0.25) is 11.8 Å². The van der Waals surface area contributed by atoms with E-state index in [0.717, 1.165) is 72.7 Å².